The maximum absolute atomic E-state index is 12.9. The number of benzene rings is 1. The number of fused-ring (bicyclic) bond motifs is 1. The van der Waals surface area contributed by atoms with E-state index in [1.807, 2.05) is 34.5 Å². The molecule has 4 rings (SSSR count). The van der Waals surface area contributed by atoms with Gasteiger partial charge in [-0.3, -0.25) is 9.59 Å². The van der Waals surface area contributed by atoms with Crippen molar-refractivity contribution < 1.29 is 9.59 Å². The normalized spacial score (nSPS) is 22.5. The smallest absolute Gasteiger partial charge is 0.265 e. The van der Waals surface area contributed by atoms with E-state index in [0.717, 1.165) is 39.0 Å². The van der Waals surface area contributed by atoms with Crippen LogP contribution in [0.25, 0.3) is 0 Å². The number of nitrogens with one attached hydrogen (secondary N) is 2. The first kappa shape index (κ1) is 17.2. The summed E-state index contributed by atoms with van der Waals surface area (Å²) in [7, 11) is 0. The van der Waals surface area contributed by atoms with Crippen molar-refractivity contribution in [3.8, 4) is 0 Å². The number of anilines is 1. The molecule has 3 heterocycles. The molecule has 2 atom stereocenters. The average Bonchev–Trinajstić information content (AvgIpc) is 3.31. The van der Waals surface area contributed by atoms with Gasteiger partial charge in [0.15, 0.2) is 0 Å². The molecule has 2 aliphatic rings. The third kappa shape index (κ3) is 3.66. The lowest BCUT2D eigenvalue weighted by Crippen LogP contribution is -2.32. The number of hydrogen-bond donors (Lipinski definition) is 2. The lowest BCUT2D eigenvalue weighted by atomic mass is 9.92. The second-order valence-corrected chi connectivity index (χ2v) is 8.01. The predicted molar refractivity (Wildman–Crippen MR) is 104 cm³/mol. The molecule has 0 saturated carbocycles. The van der Waals surface area contributed by atoms with Crippen LogP contribution in [0.4, 0.5) is 5.69 Å². The number of hydrogen-bond acceptors (Lipinski definition) is 4. The summed E-state index contributed by atoms with van der Waals surface area (Å²) in [5.74, 6) is 1.32. The minimum atomic E-state index is -0.139. The molecule has 5 nitrogen and oxygen atoms in total. The van der Waals surface area contributed by atoms with Crippen LogP contribution in [0.1, 0.15) is 32.9 Å². The van der Waals surface area contributed by atoms with Gasteiger partial charge in [0.05, 0.1) is 4.88 Å². The maximum atomic E-state index is 12.9. The number of carbonyl (C=O) groups is 2. The molecule has 0 radical (unpaired) electrons. The monoisotopic (exact) mass is 369 g/mol. The van der Waals surface area contributed by atoms with Crippen molar-refractivity contribution in [3.63, 3.8) is 0 Å². The van der Waals surface area contributed by atoms with Crippen LogP contribution in [-0.4, -0.2) is 42.9 Å². The van der Waals surface area contributed by atoms with Gasteiger partial charge in [0, 0.05) is 24.3 Å². The van der Waals surface area contributed by atoms with Gasteiger partial charge in [-0.15, -0.1) is 11.3 Å². The molecule has 2 amide bonds. The van der Waals surface area contributed by atoms with E-state index >= 15 is 0 Å². The molecule has 1 aromatic heterocycles. The zero-order valence-corrected chi connectivity index (χ0v) is 15.4. The van der Waals surface area contributed by atoms with Crippen molar-refractivity contribution in [2.75, 3.05) is 31.5 Å². The third-order valence-corrected chi connectivity index (χ3v) is 6.29. The Hall–Kier alpha value is -2.18. The van der Waals surface area contributed by atoms with E-state index in [0.29, 0.717) is 28.0 Å². The van der Waals surface area contributed by atoms with Crippen LogP contribution >= 0.6 is 11.3 Å². The zero-order valence-electron chi connectivity index (χ0n) is 14.6. The summed E-state index contributed by atoms with van der Waals surface area (Å²) < 4.78 is 0. The number of likely N-dealkylation sites (tertiary alicyclic amines) is 1. The van der Waals surface area contributed by atoms with Gasteiger partial charge in [0.25, 0.3) is 11.8 Å². The van der Waals surface area contributed by atoms with Crippen LogP contribution in [0.2, 0.25) is 0 Å². The van der Waals surface area contributed by atoms with Gasteiger partial charge < -0.3 is 15.5 Å². The third-order valence-electron chi connectivity index (χ3n) is 5.42. The Kier molecular flexibility index (Phi) is 5.04. The van der Waals surface area contributed by atoms with Gasteiger partial charge in [0.2, 0.25) is 0 Å². The molecular formula is C20H23N3O2S. The molecule has 2 saturated heterocycles. The van der Waals surface area contributed by atoms with Crippen LogP contribution < -0.4 is 10.6 Å². The highest BCUT2D eigenvalue weighted by Crippen LogP contribution is 2.28. The molecule has 1 aromatic carbocycles. The standard InChI is InChI=1S/C20H23N3O2S/c24-19(18-5-2-10-26-18)22-17-4-1-3-14(11-17)20(25)23-8-6-15-12-21-13-16(15)7-9-23/h1-5,10-11,15-16,21H,6-9,12-13H2,(H,22,24)/t15-,16+. The lowest BCUT2D eigenvalue weighted by molar-refractivity contribution is 0.0758. The summed E-state index contributed by atoms with van der Waals surface area (Å²) in [4.78, 5) is 27.8. The highest BCUT2D eigenvalue weighted by atomic mass is 32.1. The van der Waals surface area contributed by atoms with Gasteiger partial charge in [0.1, 0.15) is 0 Å². The zero-order chi connectivity index (χ0) is 17.9. The molecule has 2 aliphatic heterocycles. The highest BCUT2D eigenvalue weighted by Gasteiger charge is 2.31. The van der Waals surface area contributed by atoms with Gasteiger partial charge >= 0.3 is 0 Å². The van der Waals surface area contributed by atoms with Gasteiger partial charge in [-0.2, -0.15) is 0 Å². The second kappa shape index (κ2) is 7.60. The summed E-state index contributed by atoms with van der Waals surface area (Å²) in [6.45, 7) is 3.79. The van der Waals surface area contributed by atoms with E-state index in [1.54, 1.807) is 12.1 Å². The fourth-order valence-electron chi connectivity index (χ4n) is 3.93. The quantitative estimate of drug-likeness (QED) is 0.874. The average molecular weight is 369 g/mol. The molecule has 136 valence electrons. The Labute approximate surface area is 157 Å². The number of rotatable bonds is 3. The summed E-state index contributed by atoms with van der Waals surface area (Å²) in [5, 5.41) is 8.22. The molecule has 0 unspecified atom stereocenters. The number of nitrogens with zero attached hydrogens (tertiary/aromatic N) is 1. The van der Waals surface area contributed by atoms with E-state index < -0.39 is 0 Å². The Bertz CT molecular complexity index is 776. The van der Waals surface area contributed by atoms with E-state index in [9.17, 15) is 9.59 Å². The molecule has 6 heteroatoms. The van der Waals surface area contributed by atoms with Crippen LogP contribution in [-0.2, 0) is 0 Å². The minimum absolute atomic E-state index is 0.0603. The first-order valence-electron chi connectivity index (χ1n) is 9.15. The van der Waals surface area contributed by atoms with E-state index in [-0.39, 0.29) is 11.8 Å². The fraction of sp³-hybridized carbons (Fsp3) is 0.400. The minimum Gasteiger partial charge on any atom is -0.339 e. The first-order chi connectivity index (χ1) is 12.7. The molecule has 26 heavy (non-hydrogen) atoms. The lowest BCUT2D eigenvalue weighted by Gasteiger charge is -2.21. The summed E-state index contributed by atoms with van der Waals surface area (Å²) in [6, 6.07) is 10.9. The number of thiophene rings is 1. The summed E-state index contributed by atoms with van der Waals surface area (Å²) in [5.41, 5.74) is 1.30. The van der Waals surface area contributed by atoms with Crippen molar-refractivity contribution >= 4 is 28.8 Å². The topological polar surface area (TPSA) is 61.4 Å². The van der Waals surface area contributed by atoms with Crippen LogP contribution in [0, 0.1) is 11.8 Å². The van der Waals surface area contributed by atoms with Gasteiger partial charge in [-0.1, -0.05) is 12.1 Å². The van der Waals surface area contributed by atoms with Crippen LogP contribution in [0.3, 0.4) is 0 Å². The molecule has 0 aliphatic carbocycles. The molecule has 2 fully saturated rings. The Morgan fingerprint density at radius 2 is 1.85 bits per heavy atom. The molecule has 0 bridgehead atoms. The SMILES string of the molecule is O=C(Nc1cccc(C(=O)N2CC[C@@H]3CNC[C@@H]3CC2)c1)c1cccs1. The van der Waals surface area contributed by atoms with Crippen molar-refractivity contribution in [3.05, 3.63) is 52.2 Å². The van der Waals surface area contributed by atoms with Crippen LogP contribution in [0.15, 0.2) is 41.8 Å². The summed E-state index contributed by atoms with van der Waals surface area (Å²) >= 11 is 1.40. The van der Waals surface area contributed by atoms with E-state index in [1.165, 1.54) is 11.3 Å². The predicted octanol–water partition coefficient (Wildman–Crippen LogP) is 3.07. The van der Waals surface area contributed by atoms with Crippen molar-refractivity contribution in [2.45, 2.75) is 12.8 Å². The van der Waals surface area contributed by atoms with Crippen LogP contribution in [0.5, 0.6) is 0 Å². The molecule has 0 spiro atoms. The number of amides is 2. The van der Waals surface area contributed by atoms with Crippen molar-refractivity contribution in [2.24, 2.45) is 11.8 Å². The van der Waals surface area contributed by atoms with Crippen molar-refractivity contribution in [1.29, 1.82) is 0 Å². The Balaban J connectivity index is 1.44. The van der Waals surface area contributed by atoms with Gasteiger partial charge in [-0.25, -0.2) is 0 Å². The largest absolute Gasteiger partial charge is 0.339 e. The van der Waals surface area contributed by atoms with Gasteiger partial charge in [-0.05, 0) is 67.4 Å². The first-order valence-corrected chi connectivity index (χ1v) is 10.0. The maximum Gasteiger partial charge on any atom is 0.265 e. The van der Waals surface area contributed by atoms with Crippen molar-refractivity contribution in [1.82, 2.24) is 10.2 Å². The highest BCUT2D eigenvalue weighted by molar-refractivity contribution is 7.12. The Morgan fingerprint density at radius 3 is 2.54 bits per heavy atom. The second-order valence-electron chi connectivity index (χ2n) is 7.06. The van der Waals surface area contributed by atoms with E-state index in [4.69, 9.17) is 0 Å². The van der Waals surface area contributed by atoms with E-state index in [2.05, 4.69) is 10.6 Å². The Morgan fingerprint density at radius 1 is 1.08 bits per heavy atom. The molecule has 2 aromatic rings. The molecular weight excluding hydrogens is 346 g/mol. The fourth-order valence-corrected chi connectivity index (χ4v) is 4.55. The molecule has 2 N–H and O–H groups in total. The number of carbonyl (C=O) groups excluding carboxylic acids is 2. The summed E-state index contributed by atoms with van der Waals surface area (Å²) in [6.07, 6.45) is 2.14.